The zero-order chi connectivity index (χ0) is 10.6. The van der Waals surface area contributed by atoms with Crippen LogP contribution in [0.15, 0.2) is 12.1 Å². The van der Waals surface area contributed by atoms with Gasteiger partial charge < -0.3 is 20.4 Å². The van der Waals surface area contributed by atoms with Crippen LogP contribution in [0.5, 0.6) is 17.2 Å². The molecular formula is C10H16ClNO3. The van der Waals surface area contributed by atoms with Gasteiger partial charge in [0, 0.05) is 5.56 Å². The molecule has 0 aliphatic carbocycles. The maximum absolute atomic E-state index is 5.76. The molecule has 4 nitrogen and oxygen atoms in total. The Balaban J connectivity index is 0.00000196. The van der Waals surface area contributed by atoms with Crippen LogP contribution in [0.4, 0.5) is 0 Å². The van der Waals surface area contributed by atoms with Gasteiger partial charge in [-0.3, -0.25) is 0 Å². The molecule has 15 heavy (non-hydrogen) atoms. The SMILES string of the molecule is COc1ccc(CCl)c(OC)c1OC.N. The van der Waals surface area contributed by atoms with E-state index in [0.29, 0.717) is 23.1 Å². The predicted molar refractivity (Wildman–Crippen MR) is 60.7 cm³/mol. The highest BCUT2D eigenvalue weighted by atomic mass is 35.5. The van der Waals surface area contributed by atoms with E-state index >= 15 is 0 Å². The summed E-state index contributed by atoms with van der Waals surface area (Å²) in [5.41, 5.74) is 0.881. The van der Waals surface area contributed by atoms with Crippen molar-refractivity contribution in [2.45, 2.75) is 5.88 Å². The molecule has 0 bridgehead atoms. The second kappa shape index (κ2) is 6.37. The molecule has 1 rings (SSSR count). The van der Waals surface area contributed by atoms with Crippen molar-refractivity contribution in [3.63, 3.8) is 0 Å². The quantitative estimate of drug-likeness (QED) is 0.812. The van der Waals surface area contributed by atoms with E-state index in [9.17, 15) is 0 Å². The molecule has 0 unspecified atom stereocenters. The molecule has 1 aromatic rings. The molecule has 0 fully saturated rings. The Labute approximate surface area is 94.7 Å². The number of alkyl halides is 1. The third-order valence-corrected chi connectivity index (χ3v) is 2.22. The van der Waals surface area contributed by atoms with Gasteiger partial charge in [0.15, 0.2) is 11.5 Å². The second-order valence-corrected chi connectivity index (χ2v) is 2.89. The third kappa shape index (κ3) is 2.67. The van der Waals surface area contributed by atoms with Crippen molar-refractivity contribution in [3.8, 4) is 17.2 Å². The van der Waals surface area contributed by atoms with Gasteiger partial charge in [-0.15, -0.1) is 11.6 Å². The fourth-order valence-electron chi connectivity index (χ4n) is 1.27. The van der Waals surface area contributed by atoms with E-state index in [2.05, 4.69) is 0 Å². The first-order valence-electron chi connectivity index (χ1n) is 4.12. The molecule has 0 atom stereocenters. The molecule has 0 radical (unpaired) electrons. The highest BCUT2D eigenvalue weighted by Gasteiger charge is 2.14. The largest absolute Gasteiger partial charge is 0.493 e. The lowest BCUT2D eigenvalue weighted by molar-refractivity contribution is 0.323. The topological polar surface area (TPSA) is 62.7 Å². The van der Waals surface area contributed by atoms with Crippen LogP contribution in [0.2, 0.25) is 0 Å². The van der Waals surface area contributed by atoms with Crippen molar-refractivity contribution in [1.29, 1.82) is 0 Å². The molecule has 0 spiro atoms. The van der Waals surface area contributed by atoms with Crippen molar-refractivity contribution >= 4 is 11.6 Å². The van der Waals surface area contributed by atoms with Crippen LogP contribution < -0.4 is 20.4 Å². The Morgan fingerprint density at radius 3 is 2.00 bits per heavy atom. The van der Waals surface area contributed by atoms with Gasteiger partial charge in [-0.2, -0.15) is 0 Å². The number of ether oxygens (including phenoxy) is 3. The van der Waals surface area contributed by atoms with Crippen LogP contribution in [0, 0.1) is 0 Å². The minimum atomic E-state index is 0. The normalized spacial score (nSPS) is 9.07. The molecule has 86 valence electrons. The standard InChI is InChI=1S/C10H13ClO3.H3N/c1-12-8-5-4-7(6-11)9(13-2)10(8)14-3;/h4-5H,6H2,1-3H3;1H3. The van der Waals surface area contributed by atoms with Gasteiger partial charge in [-0.05, 0) is 6.07 Å². The van der Waals surface area contributed by atoms with Crippen molar-refractivity contribution in [1.82, 2.24) is 6.15 Å². The van der Waals surface area contributed by atoms with Crippen molar-refractivity contribution in [3.05, 3.63) is 17.7 Å². The fourth-order valence-corrected chi connectivity index (χ4v) is 1.48. The van der Waals surface area contributed by atoms with Crippen LogP contribution in [-0.2, 0) is 5.88 Å². The molecule has 0 aromatic heterocycles. The number of methoxy groups -OCH3 is 3. The average Bonchev–Trinajstić information content (AvgIpc) is 2.26. The summed E-state index contributed by atoms with van der Waals surface area (Å²) in [7, 11) is 4.73. The maximum Gasteiger partial charge on any atom is 0.203 e. The van der Waals surface area contributed by atoms with Crippen LogP contribution in [0.1, 0.15) is 5.56 Å². The van der Waals surface area contributed by atoms with Crippen molar-refractivity contribution < 1.29 is 14.2 Å². The summed E-state index contributed by atoms with van der Waals surface area (Å²) >= 11 is 5.76. The molecule has 0 saturated carbocycles. The highest BCUT2D eigenvalue weighted by Crippen LogP contribution is 2.40. The van der Waals surface area contributed by atoms with Gasteiger partial charge in [-0.25, -0.2) is 0 Å². The van der Waals surface area contributed by atoms with E-state index in [1.807, 2.05) is 6.07 Å². The average molecular weight is 234 g/mol. The third-order valence-electron chi connectivity index (χ3n) is 1.93. The Morgan fingerprint density at radius 2 is 1.60 bits per heavy atom. The zero-order valence-corrected chi connectivity index (χ0v) is 9.93. The number of benzene rings is 1. The van der Waals surface area contributed by atoms with Crippen LogP contribution >= 0.6 is 11.6 Å². The van der Waals surface area contributed by atoms with E-state index in [0.717, 1.165) is 5.56 Å². The summed E-state index contributed by atoms with van der Waals surface area (Å²) in [5, 5.41) is 0. The number of halogens is 1. The van der Waals surface area contributed by atoms with Gasteiger partial charge >= 0.3 is 0 Å². The molecule has 3 N–H and O–H groups in total. The first-order chi connectivity index (χ1) is 6.78. The predicted octanol–water partition coefficient (Wildman–Crippen LogP) is 2.61. The lowest BCUT2D eigenvalue weighted by atomic mass is 10.2. The van der Waals surface area contributed by atoms with Crippen LogP contribution in [0.3, 0.4) is 0 Å². The lowest BCUT2D eigenvalue weighted by Crippen LogP contribution is -1.97. The summed E-state index contributed by atoms with van der Waals surface area (Å²) in [6.07, 6.45) is 0. The van der Waals surface area contributed by atoms with E-state index in [1.54, 1.807) is 27.4 Å². The van der Waals surface area contributed by atoms with Gasteiger partial charge in [0.05, 0.1) is 27.2 Å². The van der Waals surface area contributed by atoms with E-state index < -0.39 is 0 Å². The molecule has 0 aliphatic rings. The molecule has 5 heteroatoms. The first kappa shape index (κ1) is 13.9. The molecule has 0 aliphatic heterocycles. The van der Waals surface area contributed by atoms with Gasteiger partial charge in [0.2, 0.25) is 5.75 Å². The Kier molecular flexibility index (Phi) is 5.89. The summed E-state index contributed by atoms with van der Waals surface area (Å²) in [4.78, 5) is 0. The molecular weight excluding hydrogens is 218 g/mol. The Hall–Kier alpha value is -1.13. The fraction of sp³-hybridized carbons (Fsp3) is 0.400. The van der Waals surface area contributed by atoms with E-state index in [-0.39, 0.29) is 6.15 Å². The minimum absolute atomic E-state index is 0. The molecule has 0 heterocycles. The summed E-state index contributed by atoms with van der Waals surface area (Å²) in [5.74, 6) is 2.22. The van der Waals surface area contributed by atoms with Crippen molar-refractivity contribution in [2.75, 3.05) is 21.3 Å². The first-order valence-corrected chi connectivity index (χ1v) is 4.65. The van der Waals surface area contributed by atoms with Crippen molar-refractivity contribution in [2.24, 2.45) is 0 Å². The number of hydrogen-bond acceptors (Lipinski definition) is 4. The smallest absolute Gasteiger partial charge is 0.203 e. The molecule has 1 aromatic carbocycles. The Morgan fingerprint density at radius 1 is 1.00 bits per heavy atom. The summed E-state index contributed by atoms with van der Waals surface area (Å²) < 4.78 is 15.5. The van der Waals surface area contributed by atoms with Crippen LogP contribution in [0.25, 0.3) is 0 Å². The van der Waals surface area contributed by atoms with Gasteiger partial charge in [0.25, 0.3) is 0 Å². The number of hydrogen-bond donors (Lipinski definition) is 1. The van der Waals surface area contributed by atoms with E-state index in [1.165, 1.54) is 0 Å². The van der Waals surface area contributed by atoms with Gasteiger partial charge in [-0.1, -0.05) is 6.07 Å². The van der Waals surface area contributed by atoms with Gasteiger partial charge in [0.1, 0.15) is 0 Å². The number of rotatable bonds is 4. The van der Waals surface area contributed by atoms with Crippen LogP contribution in [-0.4, -0.2) is 21.3 Å². The second-order valence-electron chi connectivity index (χ2n) is 2.63. The maximum atomic E-state index is 5.76. The summed E-state index contributed by atoms with van der Waals surface area (Å²) in [6.45, 7) is 0. The zero-order valence-electron chi connectivity index (χ0n) is 9.17. The monoisotopic (exact) mass is 233 g/mol. The lowest BCUT2D eigenvalue weighted by Gasteiger charge is -2.14. The van der Waals surface area contributed by atoms with E-state index in [4.69, 9.17) is 25.8 Å². The summed E-state index contributed by atoms with van der Waals surface area (Å²) in [6, 6.07) is 3.66. The minimum Gasteiger partial charge on any atom is -0.493 e. The highest BCUT2D eigenvalue weighted by molar-refractivity contribution is 6.17. The molecule has 0 amide bonds. The molecule has 0 saturated heterocycles. The Bertz CT molecular complexity index is 287.